The van der Waals surface area contributed by atoms with Crippen LogP contribution >= 0.6 is 21.6 Å². The van der Waals surface area contributed by atoms with E-state index in [1.54, 1.807) is 18.2 Å². The monoisotopic (exact) mass is 901 g/mol. The lowest BCUT2D eigenvalue weighted by molar-refractivity contribution is -0.0808. The molecule has 0 aromatic heterocycles. The Labute approximate surface area is 376 Å². The van der Waals surface area contributed by atoms with Crippen LogP contribution in [0.4, 0.5) is 0 Å². The van der Waals surface area contributed by atoms with Gasteiger partial charge in [0.2, 0.25) is 5.75 Å². The molecule has 2 fully saturated rings. The summed E-state index contributed by atoms with van der Waals surface area (Å²) in [5.74, 6) is 9.04. The predicted octanol–water partition coefficient (Wildman–Crippen LogP) is 7.02. The molecule has 4 aliphatic rings. The summed E-state index contributed by atoms with van der Waals surface area (Å²) in [6.45, 7) is 4.26. The lowest BCUT2D eigenvalue weighted by Crippen LogP contribution is -2.50. The highest BCUT2D eigenvalue weighted by Crippen LogP contribution is 2.48. The van der Waals surface area contributed by atoms with Gasteiger partial charge in [-0.2, -0.15) is 0 Å². The van der Waals surface area contributed by atoms with Gasteiger partial charge in [0.05, 0.1) is 31.5 Å². The molecule has 2 aliphatic heterocycles. The number of aryl methyl sites for hydroxylation is 1. The fourth-order valence-electron chi connectivity index (χ4n) is 10.4. The third kappa shape index (κ3) is 12.8. The maximum absolute atomic E-state index is 11.8. The molecule has 0 radical (unpaired) electrons. The first-order valence-corrected chi connectivity index (χ1v) is 25.2. The Hall–Kier alpha value is -2.58. The fourth-order valence-corrected chi connectivity index (χ4v) is 13.3. The van der Waals surface area contributed by atoms with Crippen LogP contribution in [0.15, 0.2) is 24.3 Å². The molecule has 2 aromatic carbocycles. The average molecular weight is 902 g/mol. The van der Waals surface area contributed by atoms with Crippen LogP contribution in [0, 0.1) is 41.4 Å². The number of phenolic OH excluding ortho intramolecular Hbond substituents is 2. The van der Waals surface area contributed by atoms with Crippen molar-refractivity contribution in [2.24, 2.45) is 29.6 Å². The van der Waals surface area contributed by atoms with Crippen molar-refractivity contribution in [1.82, 2.24) is 5.32 Å². The van der Waals surface area contributed by atoms with E-state index in [4.69, 9.17) is 18.9 Å². The summed E-state index contributed by atoms with van der Waals surface area (Å²) >= 11 is 0. The fraction of sp³-hybridized carbons (Fsp3) is 0.708. The second kappa shape index (κ2) is 23.6. The molecular formula is C48H71NO11S2. The van der Waals surface area contributed by atoms with Crippen LogP contribution in [0.5, 0.6) is 28.7 Å². The molecule has 2 aromatic rings. The summed E-state index contributed by atoms with van der Waals surface area (Å²) in [5, 5.41) is 79.0. The predicted molar refractivity (Wildman–Crippen MR) is 243 cm³/mol. The Bertz CT molecular complexity index is 1780. The van der Waals surface area contributed by atoms with Crippen molar-refractivity contribution in [3.8, 4) is 40.6 Å². The Kier molecular flexibility index (Phi) is 18.6. The number of aliphatic hydroxyl groups is 5. The van der Waals surface area contributed by atoms with Gasteiger partial charge in [-0.1, -0.05) is 60.6 Å². The topological polar surface area (TPSA) is 191 Å². The van der Waals surface area contributed by atoms with Gasteiger partial charge in [-0.15, -0.1) is 5.92 Å². The Balaban J connectivity index is 1.23. The van der Waals surface area contributed by atoms with Crippen LogP contribution in [0.3, 0.4) is 0 Å². The van der Waals surface area contributed by atoms with E-state index < -0.39 is 37.8 Å². The van der Waals surface area contributed by atoms with E-state index in [1.165, 1.54) is 60.8 Å². The normalized spacial score (nSPS) is 29.5. The molecule has 62 heavy (non-hydrogen) atoms. The van der Waals surface area contributed by atoms with Crippen LogP contribution in [-0.2, 0) is 17.6 Å². The largest absolute Gasteiger partial charge is 0.504 e. The van der Waals surface area contributed by atoms with Gasteiger partial charge in [0.15, 0.2) is 29.8 Å². The van der Waals surface area contributed by atoms with Crippen LogP contribution < -0.4 is 19.5 Å². The molecule has 2 saturated carbocycles. The molecule has 2 aliphatic carbocycles. The number of methoxy groups -OCH3 is 1. The van der Waals surface area contributed by atoms with Gasteiger partial charge < -0.3 is 60.0 Å². The van der Waals surface area contributed by atoms with E-state index in [-0.39, 0.29) is 71.0 Å². The van der Waals surface area contributed by atoms with Gasteiger partial charge in [0.25, 0.3) is 0 Å². The SMILES string of the molecule is COc1cc(C[C@H]2[C@H](O)C[C@@H](OCO)CCc3cc(O[C@@H]4CC[C@@H]5CNC6(CC#C[C@@H](CC(C)C)[C@@H]5C4)CCCCC6)c(O)cc3[C@H](CCO)SSC[C@@H]2O)cc(OCO)c1O. The Morgan fingerprint density at radius 2 is 1.69 bits per heavy atom. The minimum Gasteiger partial charge on any atom is -0.504 e. The molecule has 0 bridgehead atoms. The molecule has 14 heteroatoms. The second-order valence-corrected chi connectivity index (χ2v) is 21.1. The summed E-state index contributed by atoms with van der Waals surface area (Å²) in [6.07, 6.45) is 9.85. The minimum absolute atomic E-state index is 0.00955. The molecule has 2 heterocycles. The molecule has 0 unspecified atom stereocenters. The van der Waals surface area contributed by atoms with Crippen molar-refractivity contribution in [3.05, 3.63) is 41.0 Å². The third-order valence-corrected chi connectivity index (χ3v) is 16.6. The van der Waals surface area contributed by atoms with Gasteiger partial charge in [0, 0.05) is 41.4 Å². The van der Waals surface area contributed by atoms with Gasteiger partial charge >= 0.3 is 0 Å². The number of hydrogen-bond donors (Lipinski definition) is 8. The van der Waals surface area contributed by atoms with Gasteiger partial charge in [-0.3, -0.25) is 0 Å². The first kappa shape index (κ1) is 48.9. The van der Waals surface area contributed by atoms with E-state index in [9.17, 15) is 35.7 Å². The molecular weight excluding hydrogens is 831 g/mol. The smallest absolute Gasteiger partial charge is 0.200 e. The van der Waals surface area contributed by atoms with Crippen LogP contribution in [-0.4, -0.2) is 105 Å². The van der Waals surface area contributed by atoms with Crippen molar-refractivity contribution in [1.29, 1.82) is 0 Å². The molecule has 9 atom stereocenters. The van der Waals surface area contributed by atoms with Crippen LogP contribution in [0.25, 0.3) is 0 Å². The van der Waals surface area contributed by atoms with Gasteiger partial charge in [-0.25, -0.2) is 0 Å². The molecule has 0 saturated heterocycles. The number of nitrogens with one attached hydrogen (secondary N) is 1. The van der Waals surface area contributed by atoms with Gasteiger partial charge in [-0.05, 0) is 136 Å². The summed E-state index contributed by atoms with van der Waals surface area (Å²) in [6, 6.07) is 6.86. The summed E-state index contributed by atoms with van der Waals surface area (Å²) in [7, 11) is 4.33. The zero-order valence-electron chi connectivity index (χ0n) is 36.8. The summed E-state index contributed by atoms with van der Waals surface area (Å²) in [4.78, 5) is 0. The minimum atomic E-state index is -1.05. The number of ether oxygens (including phenoxy) is 4. The average Bonchev–Trinajstić information content (AvgIpc) is 3.31. The summed E-state index contributed by atoms with van der Waals surface area (Å²) < 4.78 is 23.2. The number of phenols is 2. The lowest BCUT2D eigenvalue weighted by atomic mass is 9.69. The molecule has 346 valence electrons. The highest BCUT2D eigenvalue weighted by Gasteiger charge is 2.40. The second-order valence-electron chi connectivity index (χ2n) is 18.4. The first-order valence-electron chi connectivity index (χ1n) is 22.8. The van der Waals surface area contributed by atoms with Crippen LogP contribution in [0.1, 0.15) is 119 Å². The zero-order chi connectivity index (χ0) is 44.2. The molecule has 0 amide bonds. The van der Waals surface area contributed by atoms with E-state index in [0.717, 1.165) is 49.8 Å². The number of aromatic hydroxyl groups is 2. The maximum Gasteiger partial charge on any atom is 0.200 e. The molecule has 1 spiro atoms. The van der Waals surface area contributed by atoms with E-state index in [1.807, 2.05) is 6.07 Å². The van der Waals surface area contributed by atoms with Crippen LogP contribution in [0.2, 0.25) is 0 Å². The molecule has 8 N–H and O–H groups in total. The first-order chi connectivity index (χ1) is 30.0. The Morgan fingerprint density at radius 1 is 0.903 bits per heavy atom. The molecule has 12 nitrogen and oxygen atoms in total. The van der Waals surface area contributed by atoms with E-state index >= 15 is 0 Å². The lowest BCUT2D eigenvalue weighted by Gasteiger charge is -2.42. The van der Waals surface area contributed by atoms with Crippen molar-refractivity contribution in [2.75, 3.05) is 39.6 Å². The molecule has 6 rings (SSSR count). The zero-order valence-corrected chi connectivity index (χ0v) is 38.4. The van der Waals surface area contributed by atoms with Crippen molar-refractivity contribution in [3.63, 3.8) is 0 Å². The van der Waals surface area contributed by atoms with E-state index in [2.05, 4.69) is 31.0 Å². The van der Waals surface area contributed by atoms with Gasteiger partial charge in [0.1, 0.15) is 6.79 Å². The number of aliphatic hydroxyl groups excluding tert-OH is 5. The van der Waals surface area contributed by atoms with Crippen molar-refractivity contribution in [2.45, 2.75) is 145 Å². The summed E-state index contributed by atoms with van der Waals surface area (Å²) in [5.41, 5.74) is 2.52. The van der Waals surface area contributed by atoms with E-state index in [0.29, 0.717) is 48.3 Å². The standard InChI is InChI=1S/C48H71NO11S2/c1-30(2)18-32-8-7-16-48(14-5-4-6-15-48)49-26-34-10-12-36(23-37(32)34)60-43-22-33-9-11-35(58-28-51)24-40(53)39(19-31-20-44(57-3)47(56)45(21-31)59-29-52)42(55)27-61-62-46(13-17-50)38(33)25-41(43)54/h20-22,25,30,32,34-37,39-40,42,46,49-56H,4-6,9-19,23-24,26-29H2,1-3H3/t32-,34+,35-,36+,37-,39-,40+,42-,46-/m0/s1. The number of fused-ring (bicyclic) bond motifs is 2. The van der Waals surface area contributed by atoms with Crippen molar-refractivity contribution >= 4 is 21.6 Å². The Morgan fingerprint density at radius 3 is 2.42 bits per heavy atom. The number of hydrogen-bond acceptors (Lipinski definition) is 14. The maximum atomic E-state index is 11.8. The quantitative estimate of drug-likeness (QED) is 0.0582. The number of rotatable bonds is 13. The highest BCUT2D eigenvalue weighted by molar-refractivity contribution is 8.76. The highest BCUT2D eigenvalue weighted by atomic mass is 33.1. The van der Waals surface area contributed by atoms with Crippen molar-refractivity contribution < 1.29 is 54.7 Å². The third-order valence-electron chi connectivity index (χ3n) is 13.7. The number of benzene rings is 2.